The van der Waals surface area contributed by atoms with Crippen molar-refractivity contribution in [1.29, 1.82) is 0 Å². The lowest BCUT2D eigenvalue weighted by atomic mass is 9.89. The van der Waals surface area contributed by atoms with Gasteiger partial charge in [-0.15, -0.1) is 0 Å². The van der Waals surface area contributed by atoms with Crippen LogP contribution in [-0.2, 0) is 9.53 Å². The molecular formula is C23H32N2O2S. The molecule has 0 unspecified atom stereocenters. The van der Waals surface area contributed by atoms with Crippen molar-refractivity contribution in [2.24, 2.45) is 17.8 Å². The Morgan fingerprint density at radius 1 is 0.964 bits per heavy atom. The molecule has 0 aliphatic carbocycles. The van der Waals surface area contributed by atoms with Gasteiger partial charge in [-0.3, -0.25) is 9.69 Å². The fourth-order valence-corrected chi connectivity index (χ4v) is 6.99. The van der Waals surface area contributed by atoms with Crippen LogP contribution in [0.3, 0.4) is 0 Å². The van der Waals surface area contributed by atoms with Crippen LogP contribution in [0.5, 0.6) is 0 Å². The predicted octanol–water partition coefficient (Wildman–Crippen LogP) is 3.44. The first-order chi connectivity index (χ1) is 13.8. The molecule has 4 nitrogen and oxygen atoms in total. The van der Waals surface area contributed by atoms with Gasteiger partial charge in [0.2, 0.25) is 5.91 Å². The number of carbonyl (C=O) groups excluding carboxylic acids is 1. The molecule has 0 N–H and O–H groups in total. The second kappa shape index (κ2) is 8.37. The Kier molecular flexibility index (Phi) is 5.67. The predicted molar refractivity (Wildman–Crippen MR) is 113 cm³/mol. The maximum absolute atomic E-state index is 13.5. The largest absolute Gasteiger partial charge is 0.381 e. The van der Waals surface area contributed by atoms with E-state index in [1.807, 2.05) is 0 Å². The van der Waals surface area contributed by atoms with Crippen LogP contribution in [0.4, 0.5) is 0 Å². The van der Waals surface area contributed by atoms with E-state index >= 15 is 0 Å². The maximum atomic E-state index is 13.5. The molecule has 0 radical (unpaired) electrons. The molecule has 4 aliphatic heterocycles. The Balaban J connectivity index is 1.37. The average Bonchev–Trinajstić information content (AvgIpc) is 3.33. The second-order valence-electron chi connectivity index (χ2n) is 8.95. The monoisotopic (exact) mass is 400 g/mol. The summed E-state index contributed by atoms with van der Waals surface area (Å²) in [5.41, 5.74) is 1.33. The number of fused-ring (bicyclic) bond motifs is 1. The van der Waals surface area contributed by atoms with Crippen LogP contribution in [0.1, 0.15) is 37.3 Å². The molecule has 1 aromatic rings. The first-order valence-corrected chi connectivity index (χ1v) is 12.2. The third kappa shape index (κ3) is 3.61. The van der Waals surface area contributed by atoms with Gasteiger partial charge in [0.1, 0.15) is 0 Å². The zero-order valence-electron chi connectivity index (χ0n) is 16.7. The highest BCUT2D eigenvalue weighted by Gasteiger charge is 2.50. The van der Waals surface area contributed by atoms with E-state index < -0.39 is 0 Å². The summed E-state index contributed by atoms with van der Waals surface area (Å²) >= 11 is 2.11. The molecule has 0 saturated carbocycles. The van der Waals surface area contributed by atoms with Crippen molar-refractivity contribution in [3.63, 3.8) is 0 Å². The lowest BCUT2D eigenvalue weighted by Gasteiger charge is -2.36. The normalized spacial score (nSPS) is 32.6. The number of rotatable bonds is 3. The van der Waals surface area contributed by atoms with Gasteiger partial charge in [0.25, 0.3) is 0 Å². The van der Waals surface area contributed by atoms with Crippen molar-refractivity contribution in [1.82, 2.24) is 9.80 Å². The van der Waals surface area contributed by atoms with Crippen LogP contribution < -0.4 is 0 Å². The third-order valence-electron chi connectivity index (χ3n) is 7.39. The van der Waals surface area contributed by atoms with Crippen LogP contribution in [0.2, 0.25) is 0 Å². The van der Waals surface area contributed by atoms with Gasteiger partial charge in [0.15, 0.2) is 0 Å². The highest BCUT2D eigenvalue weighted by atomic mass is 32.2. The average molecular weight is 401 g/mol. The molecule has 152 valence electrons. The van der Waals surface area contributed by atoms with Crippen LogP contribution >= 0.6 is 11.8 Å². The molecular weight excluding hydrogens is 368 g/mol. The van der Waals surface area contributed by atoms with E-state index in [1.165, 1.54) is 36.5 Å². The van der Waals surface area contributed by atoms with Gasteiger partial charge in [0.05, 0.1) is 6.04 Å². The summed E-state index contributed by atoms with van der Waals surface area (Å²) in [4.78, 5) is 18.5. The maximum Gasteiger partial charge on any atom is 0.226 e. The van der Waals surface area contributed by atoms with Crippen LogP contribution in [0, 0.1) is 17.8 Å². The number of hydrogen-bond acceptors (Lipinski definition) is 4. The summed E-state index contributed by atoms with van der Waals surface area (Å²) in [5, 5.41) is 0. The molecule has 5 heteroatoms. The molecule has 0 spiro atoms. The van der Waals surface area contributed by atoms with Gasteiger partial charge in [-0.2, -0.15) is 11.8 Å². The van der Waals surface area contributed by atoms with Gasteiger partial charge >= 0.3 is 0 Å². The standard InChI is InChI=1S/C23H32N2O2S/c26-23(18-6-10-27-11-7-18)25-15-19-14-24(20-8-12-28-13-9-20)16-21(19)22(25)17-4-2-1-3-5-17/h1-5,18-22H,6-16H2/t19-,21-,22+/m0/s1. The van der Waals surface area contributed by atoms with Gasteiger partial charge in [-0.05, 0) is 48.7 Å². The Hall–Kier alpha value is -1.04. The lowest BCUT2D eigenvalue weighted by molar-refractivity contribution is -0.140. The van der Waals surface area contributed by atoms with E-state index in [0.29, 0.717) is 17.7 Å². The summed E-state index contributed by atoms with van der Waals surface area (Å²) < 4.78 is 5.50. The highest BCUT2D eigenvalue weighted by Crippen LogP contribution is 2.47. The van der Waals surface area contributed by atoms with E-state index in [4.69, 9.17) is 4.74 Å². The number of ether oxygens (including phenoxy) is 1. The van der Waals surface area contributed by atoms with E-state index in [2.05, 4.69) is 51.9 Å². The molecule has 4 fully saturated rings. The van der Waals surface area contributed by atoms with Crippen molar-refractivity contribution in [3.05, 3.63) is 35.9 Å². The number of hydrogen-bond donors (Lipinski definition) is 0. The Bertz CT molecular complexity index is 672. The smallest absolute Gasteiger partial charge is 0.226 e. The fraction of sp³-hybridized carbons (Fsp3) is 0.696. The molecule has 4 aliphatic rings. The zero-order chi connectivity index (χ0) is 18.9. The summed E-state index contributed by atoms with van der Waals surface area (Å²) in [6.45, 7) is 4.76. The topological polar surface area (TPSA) is 32.8 Å². The van der Waals surface area contributed by atoms with Crippen molar-refractivity contribution >= 4 is 17.7 Å². The van der Waals surface area contributed by atoms with Gasteiger partial charge < -0.3 is 9.64 Å². The number of carbonyl (C=O) groups is 1. The van der Waals surface area contributed by atoms with Gasteiger partial charge in [0, 0.05) is 50.7 Å². The van der Waals surface area contributed by atoms with E-state index in [9.17, 15) is 4.79 Å². The highest BCUT2D eigenvalue weighted by molar-refractivity contribution is 7.99. The number of nitrogens with zero attached hydrogens (tertiary/aromatic N) is 2. The van der Waals surface area contributed by atoms with Crippen molar-refractivity contribution in [3.8, 4) is 0 Å². The summed E-state index contributed by atoms with van der Waals surface area (Å²) in [6.07, 6.45) is 4.45. The zero-order valence-corrected chi connectivity index (χ0v) is 17.5. The summed E-state index contributed by atoms with van der Waals surface area (Å²) in [7, 11) is 0. The Morgan fingerprint density at radius 2 is 1.71 bits per heavy atom. The Labute approximate surface area is 173 Å². The number of thioether (sulfide) groups is 1. The minimum Gasteiger partial charge on any atom is -0.381 e. The molecule has 5 rings (SSSR count). The van der Waals surface area contributed by atoms with Crippen LogP contribution in [0.15, 0.2) is 30.3 Å². The van der Waals surface area contributed by atoms with Crippen LogP contribution in [0.25, 0.3) is 0 Å². The molecule has 28 heavy (non-hydrogen) atoms. The second-order valence-corrected chi connectivity index (χ2v) is 10.2. The first-order valence-electron chi connectivity index (χ1n) is 11.1. The minimum atomic E-state index is 0.158. The molecule has 4 heterocycles. The van der Waals surface area contributed by atoms with Crippen molar-refractivity contribution in [2.45, 2.75) is 37.8 Å². The van der Waals surface area contributed by atoms with Gasteiger partial charge in [-0.25, -0.2) is 0 Å². The van der Waals surface area contributed by atoms with E-state index in [0.717, 1.165) is 45.2 Å². The number of amides is 1. The number of benzene rings is 1. The molecule has 4 saturated heterocycles. The summed E-state index contributed by atoms with van der Waals surface area (Å²) in [5.74, 6) is 4.38. The molecule has 1 amide bonds. The molecule has 3 atom stereocenters. The SMILES string of the molecule is O=C(C1CCOCC1)N1C[C@@H]2CN(C3CCSCC3)C[C@@H]2[C@H]1c1ccccc1. The molecule has 1 aromatic carbocycles. The van der Waals surface area contributed by atoms with Crippen molar-refractivity contribution in [2.75, 3.05) is 44.4 Å². The van der Waals surface area contributed by atoms with E-state index in [-0.39, 0.29) is 12.0 Å². The third-order valence-corrected chi connectivity index (χ3v) is 8.44. The fourth-order valence-electron chi connectivity index (χ4n) is 5.91. The molecule has 0 aromatic heterocycles. The quantitative estimate of drug-likeness (QED) is 0.778. The van der Waals surface area contributed by atoms with Crippen molar-refractivity contribution < 1.29 is 9.53 Å². The molecule has 0 bridgehead atoms. The summed E-state index contributed by atoms with van der Waals surface area (Å²) in [6, 6.07) is 11.8. The van der Waals surface area contributed by atoms with Crippen LogP contribution in [-0.4, -0.2) is 66.1 Å². The lowest BCUT2D eigenvalue weighted by Crippen LogP contribution is -2.42. The Morgan fingerprint density at radius 3 is 2.46 bits per heavy atom. The minimum absolute atomic E-state index is 0.158. The number of likely N-dealkylation sites (tertiary alicyclic amines) is 2. The first kappa shape index (κ1) is 19.0. The van der Waals surface area contributed by atoms with Gasteiger partial charge in [-0.1, -0.05) is 30.3 Å². The van der Waals surface area contributed by atoms with E-state index in [1.54, 1.807) is 0 Å².